The number of carbonyl (C=O) groups excluding carboxylic acids is 1. The van der Waals surface area contributed by atoms with Gasteiger partial charge in [0.05, 0.1) is 21.9 Å². The lowest BCUT2D eigenvalue weighted by molar-refractivity contribution is 0.0969. The van der Waals surface area contributed by atoms with Crippen LogP contribution in [0.1, 0.15) is 17.3 Å². The highest BCUT2D eigenvalue weighted by Crippen LogP contribution is 2.34. The first kappa shape index (κ1) is 13.7. The minimum absolute atomic E-state index is 0.157. The van der Waals surface area contributed by atoms with Crippen LogP contribution in [0.2, 0.25) is 0 Å². The van der Waals surface area contributed by atoms with Crippen molar-refractivity contribution in [2.45, 2.75) is 13.0 Å². The summed E-state index contributed by atoms with van der Waals surface area (Å²) in [6, 6.07) is 12.7. The number of Topliss-reactive ketones (excluding diaryl/α,β-unsaturated/α-hetero) is 1. The maximum Gasteiger partial charge on any atom is 0.181 e. The molecular formula is C16H15N3OS. The number of hydrogen-bond acceptors (Lipinski definition) is 5. The standard InChI is InChI=1S/C16H15N3OS/c1-9(17)15(20)10-5-4-6-11(14(10)18)16-19-12-7-2-3-8-13(12)21-16/h2-9H,17-18H2,1H3. The Labute approximate surface area is 126 Å². The molecule has 4 nitrogen and oxygen atoms in total. The lowest BCUT2D eigenvalue weighted by Crippen LogP contribution is -2.27. The maximum absolute atomic E-state index is 12.1. The zero-order chi connectivity index (χ0) is 15.0. The molecule has 21 heavy (non-hydrogen) atoms. The van der Waals surface area contributed by atoms with Gasteiger partial charge in [-0.2, -0.15) is 0 Å². The molecule has 3 rings (SSSR count). The molecule has 0 aliphatic carbocycles. The van der Waals surface area contributed by atoms with Crippen molar-refractivity contribution in [1.29, 1.82) is 0 Å². The summed E-state index contributed by atoms with van der Waals surface area (Å²) in [5.41, 5.74) is 14.4. The molecule has 1 unspecified atom stereocenters. The summed E-state index contributed by atoms with van der Waals surface area (Å²) in [6.07, 6.45) is 0. The number of hydrogen-bond donors (Lipinski definition) is 2. The van der Waals surface area contributed by atoms with Crippen LogP contribution in [0.25, 0.3) is 20.8 Å². The molecule has 0 fully saturated rings. The third-order valence-electron chi connectivity index (χ3n) is 3.31. The van der Waals surface area contributed by atoms with Gasteiger partial charge in [-0.3, -0.25) is 4.79 Å². The molecule has 3 aromatic rings. The van der Waals surface area contributed by atoms with Gasteiger partial charge >= 0.3 is 0 Å². The molecule has 1 heterocycles. The van der Waals surface area contributed by atoms with Gasteiger partial charge in [0.25, 0.3) is 0 Å². The number of rotatable bonds is 3. The third kappa shape index (κ3) is 2.41. The van der Waals surface area contributed by atoms with Gasteiger partial charge in [0.1, 0.15) is 5.01 Å². The number of thiazole rings is 1. The van der Waals surface area contributed by atoms with Gasteiger partial charge in [0, 0.05) is 11.1 Å². The van der Waals surface area contributed by atoms with Crippen LogP contribution in [0.5, 0.6) is 0 Å². The van der Waals surface area contributed by atoms with E-state index >= 15 is 0 Å². The van der Waals surface area contributed by atoms with E-state index < -0.39 is 6.04 Å². The first-order valence-electron chi connectivity index (χ1n) is 6.62. The second-order valence-corrected chi connectivity index (χ2v) is 5.94. The van der Waals surface area contributed by atoms with E-state index in [0.717, 1.165) is 20.8 Å². The summed E-state index contributed by atoms with van der Waals surface area (Å²) < 4.78 is 1.09. The molecule has 0 saturated carbocycles. The zero-order valence-corrected chi connectivity index (χ0v) is 12.4. The van der Waals surface area contributed by atoms with Crippen LogP contribution < -0.4 is 11.5 Å². The minimum atomic E-state index is -0.571. The first-order valence-corrected chi connectivity index (χ1v) is 7.44. The fourth-order valence-corrected chi connectivity index (χ4v) is 3.20. The average Bonchev–Trinajstić information content (AvgIpc) is 2.90. The van der Waals surface area contributed by atoms with E-state index in [4.69, 9.17) is 11.5 Å². The number of benzene rings is 2. The van der Waals surface area contributed by atoms with E-state index in [-0.39, 0.29) is 5.78 Å². The molecule has 0 aliphatic heterocycles. The molecule has 0 bridgehead atoms. The summed E-state index contributed by atoms with van der Waals surface area (Å²) in [5, 5.41) is 0.813. The van der Waals surface area contributed by atoms with Crippen LogP contribution in [0.4, 0.5) is 5.69 Å². The highest BCUT2D eigenvalue weighted by atomic mass is 32.1. The summed E-state index contributed by atoms with van der Waals surface area (Å²) in [6.45, 7) is 1.66. The summed E-state index contributed by atoms with van der Waals surface area (Å²) in [7, 11) is 0. The highest BCUT2D eigenvalue weighted by molar-refractivity contribution is 7.21. The van der Waals surface area contributed by atoms with Gasteiger partial charge in [-0.25, -0.2) is 4.98 Å². The van der Waals surface area contributed by atoms with Crippen LogP contribution in [0, 0.1) is 0 Å². The van der Waals surface area contributed by atoms with E-state index in [9.17, 15) is 4.79 Å². The Bertz CT molecular complexity index is 790. The summed E-state index contributed by atoms with van der Waals surface area (Å²) in [4.78, 5) is 16.7. The van der Waals surface area contributed by atoms with Crippen molar-refractivity contribution in [2.75, 3.05) is 5.73 Å². The van der Waals surface area contributed by atoms with Gasteiger partial charge in [0.2, 0.25) is 0 Å². The van der Waals surface area contributed by atoms with Crippen molar-refractivity contribution in [3.05, 3.63) is 48.0 Å². The molecule has 4 N–H and O–H groups in total. The lowest BCUT2D eigenvalue weighted by atomic mass is 10.0. The molecule has 0 radical (unpaired) electrons. The number of aromatic nitrogens is 1. The number of carbonyl (C=O) groups is 1. The van der Waals surface area contributed by atoms with Crippen molar-refractivity contribution in [2.24, 2.45) is 5.73 Å². The Balaban J connectivity index is 2.14. The molecule has 0 amide bonds. The van der Waals surface area contributed by atoms with E-state index in [2.05, 4.69) is 4.98 Å². The van der Waals surface area contributed by atoms with E-state index in [1.165, 1.54) is 0 Å². The van der Waals surface area contributed by atoms with Crippen molar-refractivity contribution >= 4 is 33.0 Å². The summed E-state index contributed by atoms with van der Waals surface area (Å²) in [5.74, 6) is -0.157. The molecule has 0 spiro atoms. The number of nitrogens with two attached hydrogens (primary N) is 2. The topological polar surface area (TPSA) is 82.0 Å². The van der Waals surface area contributed by atoms with Crippen molar-refractivity contribution < 1.29 is 4.79 Å². The van der Waals surface area contributed by atoms with Crippen LogP contribution in [-0.2, 0) is 0 Å². The number of nitrogens with zero attached hydrogens (tertiary/aromatic N) is 1. The van der Waals surface area contributed by atoms with E-state index in [1.54, 1.807) is 24.3 Å². The monoisotopic (exact) mass is 297 g/mol. The van der Waals surface area contributed by atoms with Crippen LogP contribution in [0.3, 0.4) is 0 Å². The van der Waals surface area contributed by atoms with E-state index in [1.807, 2.05) is 36.4 Å². The largest absolute Gasteiger partial charge is 0.398 e. The van der Waals surface area contributed by atoms with Crippen molar-refractivity contribution in [1.82, 2.24) is 4.98 Å². The Morgan fingerprint density at radius 3 is 2.67 bits per heavy atom. The zero-order valence-electron chi connectivity index (χ0n) is 11.5. The smallest absolute Gasteiger partial charge is 0.181 e. The minimum Gasteiger partial charge on any atom is -0.398 e. The third-order valence-corrected chi connectivity index (χ3v) is 4.38. The molecule has 106 valence electrons. The highest BCUT2D eigenvalue weighted by Gasteiger charge is 2.18. The molecule has 5 heteroatoms. The number of nitrogen functional groups attached to an aromatic ring is 1. The molecule has 2 aromatic carbocycles. The van der Waals surface area contributed by atoms with Crippen LogP contribution >= 0.6 is 11.3 Å². The Morgan fingerprint density at radius 1 is 1.19 bits per heavy atom. The predicted octanol–water partition coefficient (Wildman–Crippen LogP) is 3.08. The predicted molar refractivity (Wildman–Crippen MR) is 87.4 cm³/mol. The van der Waals surface area contributed by atoms with Crippen LogP contribution in [0.15, 0.2) is 42.5 Å². The SMILES string of the molecule is CC(N)C(=O)c1cccc(-c2nc3ccccc3s2)c1N. The number of fused-ring (bicyclic) bond motifs is 1. The fraction of sp³-hybridized carbons (Fsp3) is 0.125. The second-order valence-electron chi connectivity index (χ2n) is 4.91. The normalized spacial score (nSPS) is 12.5. The molecule has 1 atom stereocenters. The first-order chi connectivity index (χ1) is 10.1. The fourth-order valence-electron chi connectivity index (χ4n) is 2.20. The summed E-state index contributed by atoms with van der Waals surface area (Å²) >= 11 is 1.56. The average molecular weight is 297 g/mol. The van der Waals surface area contributed by atoms with Crippen molar-refractivity contribution in [3.8, 4) is 10.6 Å². The van der Waals surface area contributed by atoms with Gasteiger partial charge in [-0.05, 0) is 31.2 Å². The van der Waals surface area contributed by atoms with E-state index in [0.29, 0.717) is 11.3 Å². The van der Waals surface area contributed by atoms with Gasteiger partial charge in [0.15, 0.2) is 5.78 Å². The molecule has 1 aromatic heterocycles. The lowest BCUT2D eigenvalue weighted by Gasteiger charge is -2.10. The number of ketones is 1. The maximum atomic E-state index is 12.1. The van der Waals surface area contributed by atoms with Crippen LogP contribution in [-0.4, -0.2) is 16.8 Å². The van der Waals surface area contributed by atoms with Gasteiger partial charge < -0.3 is 11.5 Å². The Hall–Kier alpha value is -2.24. The number of para-hydroxylation sites is 2. The Morgan fingerprint density at radius 2 is 1.95 bits per heavy atom. The number of anilines is 1. The quantitative estimate of drug-likeness (QED) is 0.575. The molecule has 0 aliphatic rings. The molecule has 0 saturated heterocycles. The Kier molecular flexibility index (Phi) is 3.45. The molecular weight excluding hydrogens is 282 g/mol. The van der Waals surface area contributed by atoms with Crippen molar-refractivity contribution in [3.63, 3.8) is 0 Å². The van der Waals surface area contributed by atoms with Gasteiger partial charge in [-0.15, -0.1) is 11.3 Å². The second kappa shape index (κ2) is 5.27. The van der Waals surface area contributed by atoms with Gasteiger partial charge in [-0.1, -0.05) is 18.2 Å².